The van der Waals surface area contributed by atoms with Gasteiger partial charge in [0.1, 0.15) is 12.4 Å². The maximum Gasteiger partial charge on any atom is 0.250 e. The maximum absolute atomic E-state index is 11.8. The van der Waals surface area contributed by atoms with Gasteiger partial charge in [0.25, 0.3) is 0 Å². The molecule has 2 aromatic rings. The van der Waals surface area contributed by atoms with Gasteiger partial charge in [0, 0.05) is 17.3 Å². The van der Waals surface area contributed by atoms with Gasteiger partial charge in [-0.05, 0) is 61.7 Å². The Morgan fingerprint density at radius 1 is 1.08 bits per heavy atom. The molecule has 0 unspecified atom stereocenters. The Labute approximate surface area is 147 Å². The van der Waals surface area contributed by atoms with Gasteiger partial charge in [-0.25, -0.2) is 0 Å². The first-order valence-electron chi connectivity index (χ1n) is 7.96. The summed E-state index contributed by atoms with van der Waals surface area (Å²) in [6.45, 7) is 3.19. The number of rotatable bonds is 9. The summed E-state index contributed by atoms with van der Waals surface area (Å²) in [4.78, 5) is 11.8. The fraction of sp³-hybridized carbons (Fsp3) is 0.316. The summed E-state index contributed by atoms with van der Waals surface area (Å²) in [5, 5.41) is 3.51. The highest BCUT2D eigenvalue weighted by molar-refractivity contribution is 6.30. The first-order valence-corrected chi connectivity index (χ1v) is 8.34. The van der Waals surface area contributed by atoms with Gasteiger partial charge in [-0.2, -0.15) is 0 Å². The van der Waals surface area contributed by atoms with Crippen molar-refractivity contribution in [3.05, 3.63) is 59.1 Å². The first kappa shape index (κ1) is 18.3. The normalized spacial score (nSPS) is 10.4. The van der Waals surface area contributed by atoms with Gasteiger partial charge in [-0.1, -0.05) is 23.7 Å². The summed E-state index contributed by atoms with van der Waals surface area (Å²) in [6.07, 6.45) is 1.70. The van der Waals surface area contributed by atoms with Gasteiger partial charge in [-0.3, -0.25) is 4.79 Å². The number of nitrogens with one attached hydrogen (secondary N) is 1. The van der Waals surface area contributed by atoms with Crippen LogP contribution in [-0.2, 0) is 9.53 Å². The SMILES string of the molecule is Cc1cccc(NC(=O)COCCCCOc2ccc(Cl)cc2)c1. The predicted molar refractivity (Wildman–Crippen MR) is 96.8 cm³/mol. The number of hydrogen-bond donors (Lipinski definition) is 1. The summed E-state index contributed by atoms with van der Waals surface area (Å²) in [6, 6.07) is 15.0. The lowest BCUT2D eigenvalue weighted by Crippen LogP contribution is -2.18. The number of carbonyl (C=O) groups excluding carboxylic acids is 1. The molecule has 0 saturated carbocycles. The van der Waals surface area contributed by atoms with E-state index >= 15 is 0 Å². The Morgan fingerprint density at radius 2 is 1.83 bits per heavy atom. The summed E-state index contributed by atoms with van der Waals surface area (Å²) in [5.41, 5.74) is 1.90. The largest absolute Gasteiger partial charge is 0.494 e. The maximum atomic E-state index is 11.8. The number of hydrogen-bond acceptors (Lipinski definition) is 3. The number of benzene rings is 2. The van der Waals surface area contributed by atoms with Crippen LogP contribution in [0.5, 0.6) is 5.75 Å². The second kappa shape index (κ2) is 9.96. The van der Waals surface area contributed by atoms with E-state index < -0.39 is 0 Å². The zero-order valence-electron chi connectivity index (χ0n) is 13.8. The standard InChI is InChI=1S/C19H22ClNO3/c1-15-5-4-6-17(13-15)21-19(22)14-23-11-2-3-12-24-18-9-7-16(20)8-10-18/h4-10,13H,2-3,11-12,14H2,1H3,(H,21,22). The lowest BCUT2D eigenvalue weighted by molar-refractivity contribution is -0.120. The number of amides is 1. The van der Waals surface area contributed by atoms with Crippen LogP contribution < -0.4 is 10.1 Å². The van der Waals surface area contributed by atoms with Crippen LogP contribution in [-0.4, -0.2) is 25.7 Å². The number of ether oxygens (including phenoxy) is 2. The molecule has 0 aromatic heterocycles. The highest BCUT2D eigenvalue weighted by atomic mass is 35.5. The van der Waals surface area contributed by atoms with Crippen LogP contribution in [0, 0.1) is 6.92 Å². The molecule has 24 heavy (non-hydrogen) atoms. The van der Waals surface area contributed by atoms with Gasteiger partial charge in [0.05, 0.1) is 6.61 Å². The Bertz CT molecular complexity index is 643. The Balaban J connectivity index is 1.51. The Kier molecular flexibility index (Phi) is 7.59. The summed E-state index contributed by atoms with van der Waals surface area (Å²) in [7, 11) is 0. The fourth-order valence-electron chi connectivity index (χ4n) is 2.11. The predicted octanol–water partition coefficient (Wildman–Crippen LogP) is 4.46. The second-order valence-electron chi connectivity index (χ2n) is 5.48. The van der Waals surface area contributed by atoms with Crippen molar-refractivity contribution in [2.75, 3.05) is 25.1 Å². The monoisotopic (exact) mass is 347 g/mol. The molecule has 0 saturated heterocycles. The lowest BCUT2D eigenvalue weighted by atomic mass is 10.2. The molecule has 0 aliphatic heterocycles. The molecule has 1 N–H and O–H groups in total. The van der Waals surface area contributed by atoms with Gasteiger partial charge < -0.3 is 14.8 Å². The summed E-state index contributed by atoms with van der Waals surface area (Å²) < 4.78 is 11.0. The molecule has 0 spiro atoms. The molecule has 0 atom stereocenters. The third-order valence-corrected chi connectivity index (χ3v) is 3.55. The topological polar surface area (TPSA) is 47.6 Å². The third kappa shape index (κ3) is 7.02. The minimum atomic E-state index is -0.141. The number of anilines is 1. The molecule has 4 nitrogen and oxygen atoms in total. The van der Waals surface area contributed by atoms with E-state index in [9.17, 15) is 4.79 Å². The van der Waals surface area contributed by atoms with Crippen LogP contribution >= 0.6 is 11.6 Å². The van der Waals surface area contributed by atoms with E-state index in [4.69, 9.17) is 21.1 Å². The van der Waals surface area contributed by atoms with Crippen LogP contribution in [0.4, 0.5) is 5.69 Å². The van der Waals surface area contributed by atoms with E-state index in [1.54, 1.807) is 12.1 Å². The molecular weight excluding hydrogens is 326 g/mol. The van der Waals surface area contributed by atoms with Crippen LogP contribution in [0.25, 0.3) is 0 Å². The van der Waals surface area contributed by atoms with Crippen molar-refractivity contribution in [1.29, 1.82) is 0 Å². The number of carbonyl (C=O) groups is 1. The fourth-order valence-corrected chi connectivity index (χ4v) is 2.24. The molecule has 0 aliphatic rings. The Hall–Kier alpha value is -2.04. The highest BCUT2D eigenvalue weighted by Crippen LogP contribution is 2.15. The van der Waals surface area contributed by atoms with Crippen LogP contribution in [0.1, 0.15) is 18.4 Å². The molecule has 128 valence electrons. The molecule has 5 heteroatoms. The lowest BCUT2D eigenvalue weighted by Gasteiger charge is -2.08. The van der Waals surface area contributed by atoms with Crippen molar-refractivity contribution in [2.24, 2.45) is 0 Å². The van der Waals surface area contributed by atoms with Crippen LogP contribution in [0.2, 0.25) is 5.02 Å². The smallest absolute Gasteiger partial charge is 0.250 e. The van der Waals surface area contributed by atoms with Gasteiger partial charge in [0.15, 0.2) is 0 Å². The van der Waals surface area contributed by atoms with Crippen molar-refractivity contribution >= 4 is 23.2 Å². The molecule has 2 aromatic carbocycles. The summed E-state index contributed by atoms with van der Waals surface area (Å²) >= 11 is 5.81. The number of halogens is 1. The number of unbranched alkanes of at least 4 members (excludes halogenated alkanes) is 1. The Morgan fingerprint density at radius 3 is 2.58 bits per heavy atom. The second-order valence-corrected chi connectivity index (χ2v) is 5.92. The molecule has 0 bridgehead atoms. The van der Waals surface area contributed by atoms with E-state index in [-0.39, 0.29) is 12.5 Å². The van der Waals surface area contributed by atoms with E-state index in [2.05, 4.69) is 5.32 Å². The molecule has 0 fully saturated rings. The average Bonchev–Trinajstić information content (AvgIpc) is 2.55. The van der Waals surface area contributed by atoms with E-state index in [1.807, 2.05) is 43.3 Å². The highest BCUT2D eigenvalue weighted by Gasteiger charge is 2.02. The van der Waals surface area contributed by atoms with E-state index in [0.717, 1.165) is 29.8 Å². The molecule has 0 heterocycles. The molecule has 2 rings (SSSR count). The quantitative estimate of drug-likeness (QED) is 0.681. The van der Waals surface area contributed by atoms with Crippen molar-refractivity contribution in [3.8, 4) is 5.75 Å². The zero-order valence-corrected chi connectivity index (χ0v) is 14.5. The van der Waals surface area contributed by atoms with Crippen molar-refractivity contribution in [2.45, 2.75) is 19.8 Å². The molecule has 0 radical (unpaired) electrons. The summed E-state index contributed by atoms with van der Waals surface area (Å²) in [5.74, 6) is 0.663. The minimum Gasteiger partial charge on any atom is -0.494 e. The molecule has 0 aliphatic carbocycles. The van der Waals surface area contributed by atoms with E-state index in [1.165, 1.54) is 0 Å². The van der Waals surface area contributed by atoms with Crippen molar-refractivity contribution < 1.29 is 14.3 Å². The van der Waals surface area contributed by atoms with Crippen LogP contribution in [0.3, 0.4) is 0 Å². The van der Waals surface area contributed by atoms with Gasteiger partial charge >= 0.3 is 0 Å². The van der Waals surface area contributed by atoms with Crippen molar-refractivity contribution in [1.82, 2.24) is 0 Å². The average molecular weight is 348 g/mol. The first-order chi connectivity index (χ1) is 11.6. The molecular formula is C19H22ClNO3. The van der Waals surface area contributed by atoms with Crippen molar-refractivity contribution in [3.63, 3.8) is 0 Å². The van der Waals surface area contributed by atoms with E-state index in [0.29, 0.717) is 18.2 Å². The minimum absolute atomic E-state index is 0.0615. The zero-order chi connectivity index (χ0) is 17.2. The van der Waals surface area contributed by atoms with Crippen LogP contribution in [0.15, 0.2) is 48.5 Å². The number of aryl methyl sites for hydroxylation is 1. The molecule has 1 amide bonds. The third-order valence-electron chi connectivity index (χ3n) is 3.30. The van der Waals surface area contributed by atoms with Gasteiger partial charge in [0.2, 0.25) is 5.91 Å². The van der Waals surface area contributed by atoms with Gasteiger partial charge in [-0.15, -0.1) is 0 Å².